The average Bonchev–Trinajstić information content (AvgIpc) is 3.30. The molecular weight excluding hydrogens is 326 g/mol. The molecule has 0 radical (unpaired) electrons. The van der Waals surface area contributed by atoms with Gasteiger partial charge in [0.05, 0.1) is 10.6 Å². The SMILES string of the molecule is Cc1nc(C2CC2)nc2sc(C(=O)N(C)CCCC(=O)O)c(C)c12. The summed E-state index contributed by atoms with van der Waals surface area (Å²) < 4.78 is 0. The minimum Gasteiger partial charge on any atom is -0.481 e. The van der Waals surface area contributed by atoms with Gasteiger partial charge in [0.2, 0.25) is 0 Å². The van der Waals surface area contributed by atoms with Crippen molar-refractivity contribution in [3.8, 4) is 0 Å². The van der Waals surface area contributed by atoms with E-state index in [0.29, 0.717) is 23.8 Å². The van der Waals surface area contributed by atoms with Crippen molar-refractivity contribution in [2.75, 3.05) is 13.6 Å². The largest absolute Gasteiger partial charge is 0.481 e. The number of carboxylic acids is 1. The number of thiophene rings is 1. The van der Waals surface area contributed by atoms with Gasteiger partial charge in [0.25, 0.3) is 5.91 Å². The summed E-state index contributed by atoms with van der Waals surface area (Å²) in [6.07, 6.45) is 2.81. The van der Waals surface area contributed by atoms with Gasteiger partial charge in [0, 0.05) is 31.3 Å². The summed E-state index contributed by atoms with van der Waals surface area (Å²) in [4.78, 5) is 35.7. The predicted octanol–water partition coefficient (Wildman–Crippen LogP) is 3.12. The Morgan fingerprint density at radius 1 is 1.29 bits per heavy atom. The lowest BCUT2D eigenvalue weighted by molar-refractivity contribution is -0.137. The van der Waals surface area contributed by atoms with E-state index >= 15 is 0 Å². The number of nitrogens with zero attached hydrogens (tertiary/aromatic N) is 3. The molecule has 128 valence electrons. The number of carbonyl (C=O) groups is 2. The maximum absolute atomic E-state index is 12.7. The van der Waals surface area contributed by atoms with E-state index in [0.717, 1.165) is 40.1 Å². The predicted molar refractivity (Wildman–Crippen MR) is 92.7 cm³/mol. The lowest BCUT2D eigenvalue weighted by Crippen LogP contribution is -2.27. The molecule has 0 atom stereocenters. The first kappa shape index (κ1) is 16.8. The molecule has 1 N–H and O–H groups in total. The first-order valence-corrected chi connectivity index (χ1v) is 8.95. The number of fused-ring (bicyclic) bond motifs is 1. The quantitative estimate of drug-likeness (QED) is 0.868. The third kappa shape index (κ3) is 3.26. The van der Waals surface area contributed by atoms with E-state index in [2.05, 4.69) is 9.97 Å². The minimum atomic E-state index is -0.840. The molecule has 0 spiro atoms. The number of amides is 1. The number of carbonyl (C=O) groups excluding carboxylic acids is 1. The van der Waals surface area contributed by atoms with Crippen LogP contribution in [-0.2, 0) is 4.79 Å². The minimum absolute atomic E-state index is 0.0678. The van der Waals surface area contributed by atoms with Gasteiger partial charge in [-0.05, 0) is 38.7 Å². The maximum Gasteiger partial charge on any atom is 0.303 e. The highest BCUT2D eigenvalue weighted by atomic mass is 32.1. The molecule has 1 saturated carbocycles. The Hall–Kier alpha value is -2.02. The molecular formula is C17H21N3O3S. The van der Waals surface area contributed by atoms with Crippen LogP contribution in [0.3, 0.4) is 0 Å². The number of rotatable bonds is 6. The molecule has 6 nitrogen and oxygen atoms in total. The fourth-order valence-corrected chi connectivity index (χ4v) is 4.06. The first-order chi connectivity index (χ1) is 11.4. The molecule has 2 aromatic heterocycles. The van der Waals surface area contributed by atoms with E-state index in [9.17, 15) is 9.59 Å². The van der Waals surface area contributed by atoms with E-state index in [4.69, 9.17) is 5.11 Å². The highest BCUT2D eigenvalue weighted by Gasteiger charge is 2.29. The Morgan fingerprint density at radius 2 is 2.00 bits per heavy atom. The smallest absolute Gasteiger partial charge is 0.303 e. The maximum atomic E-state index is 12.7. The fraction of sp³-hybridized carbons (Fsp3) is 0.529. The standard InChI is InChI=1S/C17H21N3O3S/c1-9-13-10(2)18-15(11-6-7-11)19-16(13)24-14(9)17(23)20(3)8-4-5-12(21)22/h11H,4-8H2,1-3H3,(H,21,22). The second kappa shape index (κ2) is 6.47. The molecule has 1 aliphatic carbocycles. The van der Waals surface area contributed by atoms with Gasteiger partial charge >= 0.3 is 5.97 Å². The highest BCUT2D eigenvalue weighted by molar-refractivity contribution is 7.20. The average molecular weight is 347 g/mol. The van der Waals surface area contributed by atoms with E-state index in [-0.39, 0.29) is 12.3 Å². The zero-order chi connectivity index (χ0) is 17.4. The Morgan fingerprint density at radius 3 is 2.62 bits per heavy atom. The topological polar surface area (TPSA) is 83.4 Å². The van der Waals surface area contributed by atoms with Crippen LogP contribution in [0.25, 0.3) is 10.2 Å². The molecule has 0 aromatic carbocycles. The molecule has 2 aromatic rings. The van der Waals surface area contributed by atoms with Crippen molar-refractivity contribution in [1.82, 2.24) is 14.9 Å². The van der Waals surface area contributed by atoms with Gasteiger partial charge in [-0.1, -0.05) is 0 Å². The lowest BCUT2D eigenvalue weighted by Gasteiger charge is -2.16. The zero-order valence-electron chi connectivity index (χ0n) is 14.1. The van der Waals surface area contributed by atoms with Crippen LogP contribution in [0.1, 0.15) is 58.4 Å². The van der Waals surface area contributed by atoms with E-state index in [1.54, 1.807) is 11.9 Å². The van der Waals surface area contributed by atoms with Crippen LogP contribution >= 0.6 is 11.3 Å². The molecule has 7 heteroatoms. The monoisotopic (exact) mass is 347 g/mol. The van der Waals surface area contributed by atoms with Crippen molar-refractivity contribution in [2.24, 2.45) is 0 Å². The Labute approximate surface area is 144 Å². The van der Waals surface area contributed by atoms with Crippen molar-refractivity contribution < 1.29 is 14.7 Å². The Balaban J connectivity index is 1.86. The third-order valence-electron chi connectivity index (χ3n) is 4.36. The normalized spacial score (nSPS) is 14.1. The van der Waals surface area contributed by atoms with Crippen LogP contribution in [-0.4, -0.2) is 45.4 Å². The van der Waals surface area contributed by atoms with E-state index in [1.165, 1.54) is 11.3 Å². The van der Waals surface area contributed by atoms with Crippen molar-refractivity contribution in [3.63, 3.8) is 0 Å². The van der Waals surface area contributed by atoms with Crippen LogP contribution < -0.4 is 0 Å². The van der Waals surface area contributed by atoms with Crippen LogP contribution in [0, 0.1) is 13.8 Å². The molecule has 1 amide bonds. The van der Waals surface area contributed by atoms with Gasteiger partial charge < -0.3 is 10.0 Å². The number of aromatic nitrogens is 2. The van der Waals surface area contributed by atoms with Crippen molar-refractivity contribution in [1.29, 1.82) is 0 Å². The highest BCUT2D eigenvalue weighted by Crippen LogP contribution is 2.40. The van der Waals surface area contributed by atoms with Gasteiger partial charge in [0.1, 0.15) is 10.7 Å². The summed E-state index contributed by atoms with van der Waals surface area (Å²) in [7, 11) is 1.71. The number of hydrogen-bond donors (Lipinski definition) is 1. The molecule has 0 aliphatic heterocycles. The van der Waals surface area contributed by atoms with E-state index in [1.807, 2.05) is 13.8 Å². The first-order valence-electron chi connectivity index (χ1n) is 8.13. The second-order valence-corrected chi connectivity index (χ2v) is 7.40. The van der Waals surface area contributed by atoms with Crippen LogP contribution in [0.2, 0.25) is 0 Å². The summed E-state index contributed by atoms with van der Waals surface area (Å²) >= 11 is 1.41. The second-order valence-electron chi connectivity index (χ2n) is 6.40. The van der Waals surface area contributed by atoms with Crippen LogP contribution in [0.15, 0.2) is 0 Å². The molecule has 2 heterocycles. The number of aryl methyl sites for hydroxylation is 2. The van der Waals surface area contributed by atoms with Crippen molar-refractivity contribution in [3.05, 3.63) is 22.0 Å². The van der Waals surface area contributed by atoms with Gasteiger partial charge in [-0.2, -0.15) is 0 Å². The van der Waals surface area contributed by atoms with Crippen molar-refractivity contribution >= 4 is 33.4 Å². The number of hydrogen-bond acceptors (Lipinski definition) is 5. The Kier molecular flexibility index (Phi) is 4.54. The van der Waals surface area contributed by atoms with Crippen molar-refractivity contribution in [2.45, 2.75) is 45.4 Å². The lowest BCUT2D eigenvalue weighted by atomic mass is 10.1. The van der Waals surface area contributed by atoms with Gasteiger partial charge in [-0.3, -0.25) is 9.59 Å². The molecule has 1 aliphatic rings. The van der Waals surface area contributed by atoms with Gasteiger partial charge in [-0.15, -0.1) is 11.3 Å². The molecule has 0 unspecified atom stereocenters. The van der Waals surface area contributed by atoms with Crippen LogP contribution in [0.4, 0.5) is 0 Å². The van der Waals surface area contributed by atoms with Gasteiger partial charge in [-0.25, -0.2) is 9.97 Å². The third-order valence-corrected chi connectivity index (χ3v) is 5.53. The molecule has 3 rings (SSSR count). The fourth-order valence-electron chi connectivity index (χ4n) is 2.83. The Bertz CT molecular complexity index is 811. The molecule has 1 fully saturated rings. The summed E-state index contributed by atoms with van der Waals surface area (Å²) in [5.41, 5.74) is 1.85. The summed E-state index contributed by atoms with van der Waals surface area (Å²) in [5, 5.41) is 9.69. The van der Waals surface area contributed by atoms with Crippen LogP contribution in [0.5, 0.6) is 0 Å². The number of aliphatic carboxylic acids is 1. The zero-order valence-corrected chi connectivity index (χ0v) is 14.9. The molecule has 24 heavy (non-hydrogen) atoms. The van der Waals surface area contributed by atoms with E-state index < -0.39 is 5.97 Å². The molecule has 0 bridgehead atoms. The summed E-state index contributed by atoms with van der Waals surface area (Å²) in [6, 6.07) is 0. The number of carboxylic acid groups (broad SMARTS) is 1. The summed E-state index contributed by atoms with van der Waals surface area (Å²) in [6.45, 7) is 4.33. The molecule has 0 saturated heterocycles. The summed E-state index contributed by atoms with van der Waals surface area (Å²) in [5.74, 6) is 0.462. The van der Waals surface area contributed by atoms with Gasteiger partial charge in [0.15, 0.2) is 0 Å².